The first kappa shape index (κ1) is 10.7. The van der Waals surface area contributed by atoms with Crippen molar-refractivity contribution < 1.29 is 4.42 Å². The Bertz CT molecular complexity index is 743. The Balaban J connectivity index is 2.06. The molecule has 18 heavy (non-hydrogen) atoms. The zero-order chi connectivity index (χ0) is 12.5. The Hall–Kier alpha value is -2.47. The van der Waals surface area contributed by atoms with E-state index < -0.39 is 0 Å². The number of hydrogen-bond donors (Lipinski definition) is 0. The zero-order valence-electron chi connectivity index (χ0n) is 10.1. The summed E-state index contributed by atoms with van der Waals surface area (Å²) < 4.78 is 7.67. The molecular weight excluding hydrogens is 224 g/mol. The van der Waals surface area contributed by atoms with E-state index in [1.165, 1.54) is 0 Å². The molecule has 0 unspecified atom stereocenters. The first-order valence-corrected chi connectivity index (χ1v) is 5.81. The van der Waals surface area contributed by atoms with Gasteiger partial charge in [0.1, 0.15) is 11.5 Å². The molecule has 2 heterocycles. The molecule has 0 atom stereocenters. The van der Waals surface area contributed by atoms with E-state index in [0.29, 0.717) is 12.1 Å². The lowest BCUT2D eigenvalue weighted by Gasteiger charge is -2.03. The SMILES string of the molecule is Cc1ccc(Cn2ccc3c(C#N)cccc32)o1. The Labute approximate surface area is 105 Å². The van der Waals surface area contributed by atoms with E-state index in [4.69, 9.17) is 9.68 Å². The minimum Gasteiger partial charge on any atom is -0.464 e. The summed E-state index contributed by atoms with van der Waals surface area (Å²) in [6, 6.07) is 13.9. The van der Waals surface area contributed by atoms with Crippen LogP contribution in [-0.2, 0) is 6.54 Å². The van der Waals surface area contributed by atoms with Crippen LogP contribution in [0, 0.1) is 18.3 Å². The molecule has 3 nitrogen and oxygen atoms in total. The van der Waals surface area contributed by atoms with Gasteiger partial charge in [-0.2, -0.15) is 5.26 Å². The van der Waals surface area contributed by atoms with Gasteiger partial charge in [-0.1, -0.05) is 6.07 Å². The molecule has 2 aromatic heterocycles. The number of hydrogen-bond acceptors (Lipinski definition) is 2. The van der Waals surface area contributed by atoms with Crippen molar-refractivity contribution in [1.82, 2.24) is 4.57 Å². The molecule has 0 spiro atoms. The maximum Gasteiger partial charge on any atom is 0.123 e. The smallest absolute Gasteiger partial charge is 0.123 e. The lowest BCUT2D eigenvalue weighted by molar-refractivity contribution is 0.473. The van der Waals surface area contributed by atoms with Crippen LogP contribution in [0.2, 0.25) is 0 Å². The highest BCUT2D eigenvalue weighted by Gasteiger charge is 2.06. The van der Waals surface area contributed by atoms with Crippen LogP contribution in [0.4, 0.5) is 0 Å². The Morgan fingerprint density at radius 3 is 2.83 bits per heavy atom. The van der Waals surface area contributed by atoms with E-state index in [9.17, 15) is 0 Å². The number of benzene rings is 1. The van der Waals surface area contributed by atoms with Gasteiger partial charge in [0.15, 0.2) is 0 Å². The van der Waals surface area contributed by atoms with E-state index in [1.54, 1.807) is 0 Å². The molecule has 3 aromatic rings. The average molecular weight is 236 g/mol. The molecule has 0 amide bonds. The van der Waals surface area contributed by atoms with Crippen molar-refractivity contribution in [3.05, 3.63) is 59.7 Å². The summed E-state index contributed by atoms with van der Waals surface area (Å²) in [6.45, 7) is 2.62. The van der Waals surface area contributed by atoms with Crippen LogP contribution in [0.1, 0.15) is 17.1 Å². The highest BCUT2D eigenvalue weighted by molar-refractivity contribution is 5.86. The molecule has 88 valence electrons. The van der Waals surface area contributed by atoms with Crippen LogP contribution in [0.5, 0.6) is 0 Å². The van der Waals surface area contributed by atoms with Gasteiger partial charge in [0, 0.05) is 17.1 Å². The summed E-state index contributed by atoms with van der Waals surface area (Å²) in [6.07, 6.45) is 1.99. The van der Waals surface area contributed by atoms with E-state index in [-0.39, 0.29) is 0 Å². The van der Waals surface area contributed by atoms with Gasteiger partial charge in [0.2, 0.25) is 0 Å². The fraction of sp³-hybridized carbons (Fsp3) is 0.133. The van der Waals surface area contributed by atoms with Crippen LogP contribution in [0.15, 0.2) is 47.0 Å². The summed E-state index contributed by atoms with van der Waals surface area (Å²) in [5, 5.41) is 10.0. The maximum atomic E-state index is 9.06. The monoisotopic (exact) mass is 236 g/mol. The number of aryl methyl sites for hydroxylation is 1. The highest BCUT2D eigenvalue weighted by Crippen LogP contribution is 2.21. The van der Waals surface area contributed by atoms with Gasteiger partial charge in [0.05, 0.1) is 18.2 Å². The van der Waals surface area contributed by atoms with Crippen LogP contribution < -0.4 is 0 Å². The van der Waals surface area contributed by atoms with E-state index in [0.717, 1.165) is 22.4 Å². The molecule has 0 N–H and O–H groups in total. The molecule has 0 aliphatic rings. The van der Waals surface area contributed by atoms with Crippen LogP contribution >= 0.6 is 0 Å². The first-order chi connectivity index (χ1) is 8.78. The highest BCUT2D eigenvalue weighted by atomic mass is 16.3. The third-order valence-electron chi connectivity index (χ3n) is 3.06. The second-order valence-electron chi connectivity index (χ2n) is 4.31. The van der Waals surface area contributed by atoms with Crippen molar-refractivity contribution in [2.45, 2.75) is 13.5 Å². The Kier molecular flexibility index (Phi) is 2.42. The minimum atomic E-state index is 0.687. The number of furan rings is 1. The van der Waals surface area contributed by atoms with Gasteiger partial charge in [-0.25, -0.2) is 0 Å². The fourth-order valence-electron chi connectivity index (χ4n) is 2.20. The van der Waals surface area contributed by atoms with Gasteiger partial charge in [0.25, 0.3) is 0 Å². The molecule has 3 heteroatoms. The second-order valence-corrected chi connectivity index (χ2v) is 4.31. The maximum absolute atomic E-state index is 9.06. The standard InChI is InChI=1S/C15H12N2O/c1-11-5-6-13(18-11)10-17-8-7-14-12(9-16)3-2-4-15(14)17/h2-8H,10H2,1H3. The molecule has 3 rings (SSSR count). The van der Waals surface area contributed by atoms with Crippen molar-refractivity contribution in [3.63, 3.8) is 0 Å². The van der Waals surface area contributed by atoms with Crippen molar-refractivity contribution in [1.29, 1.82) is 5.26 Å². The van der Waals surface area contributed by atoms with Gasteiger partial charge in [-0.15, -0.1) is 0 Å². The summed E-state index contributed by atoms with van der Waals surface area (Å²) in [5.74, 6) is 1.84. The molecular formula is C15H12N2O. The number of aromatic nitrogens is 1. The predicted octanol–water partition coefficient (Wildman–Crippen LogP) is 3.46. The number of fused-ring (bicyclic) bond motifs is 1. The normalized spacial score (nSPS) is 10.7. The molecule has 0 saturated heterocycles. The van der Waals surface area contributed by atoms with Gasteiger partial charge >= 0.3 is 0 Å². The van der Waals surface area contributed by atoms with Crippen molar-refractivity contribution in [2.75, 3.05) is 0 Å². The lowest BCUT2D eigenvalue weighted by Crippen LogP contribution is -1.96. The third-order valence-corrected chi connectivity index (χ3v) is 3.06. The molecule has 0 saturated carbocycles. The molecule has 1 aromatic carbocycles. The van der Waals surface area contributed by atoms with E-state index >= 15 is 0 Å². The second kappa shape index (κ2) is 4.08. The van der Waals surface area contributed by atoms with Gasteiger partial charge in [-0.3, -0.25) is 0 Å². The van der Waals surface area contributed by atoms with E-state index in [1.807, 2.05) is 49.5 Å². The topological polar surface area (TPSA) is 41.9 Å². The van der Waals surface area contributed by atoms with Crippen molar-refractivity contribution >= 4 is 10.9 Å². The number of nitriles is 1. The molecule has 0 fully saturated rings. The molecule has 0 bridgehead atoms. The summed E-state index contributed by atoms with van der Waals surface area (Å²) in [5.41, 5.74) is 1.77. The first-order valence-electron chi connectivity index (χ1n) is 5.81. The Morgan fingerprint density at radius 2 is 2.11 bits per heavy atom. The van der Waals surface area contributed by atoms with Crippen LogP contribution in [0.25, 0.3) is 10.9 Å². The van der Waals surface area contributed by atoms with Gasteiger partial charge in [-0.05, 0) is 37.3 Å². The number of rotatable bonds is 2. The lowest BCUT2D eigenvalue weighted by atomic mass is 10.1. The quantitative estimate of drug-likeness (QED) is 0.683. The van der Waals surface area contributed by atoms with Gasteiger partial charge < -0.3 is 8.98 Å². The summed E-state index contributed by atoms with van der Waals surface area (Å²) in [4.78, 5) is 0. The van der Waals surface area contributed by atoms with Crippen molar-refractivity contribution in [2.24, 2.45) is 0 Å². The molecule has 0 radical (unpaired) electrons. The largest absolute Gasteiger partial charge is 0.464 e. The molecule has 0 aliphatic heterocycles. The van der Waals surface area contributed by atoms with Crippen molar-refractivity contribution in [3.8, 4) is 6.07 Å². The Morgan fingerprint density at radius 1 is 1.22 bits per heavy atom. The van der Waals surface area contributed by atoms with E-state index in [2.05, 4.69) is 10.6 Å². The predicted molar refractivity (Wildman–Crippen MR) is 69.2 cm³/mol. The summed E-state index contributed by atoms with van der Waals surface area (Å²) >= 11 is 0. The van der Waals surface area contributed by atoms with Crippen LogP contribution in [-0.4, -0.2) is 4.57 Å². The average Bonchev–Trinajstić information content (AvgIpc) is 2.97. The number of nitrogens with zero attached hydrogens (tertiary/aromatic N) is 2. The zero-order valence-corrected chi connectivity index (χ0v) is 10.1. The minimum absolute atomic E-state index is 0.687. The summed E-state index contributed by atoms with van der Waals surface area (Å²) in [7, 11) is 0. The third kappa shape index (κ3) is 1.68. The van der Waals surface area contributed by atoms with Crippen LogP contribution in [0.3, 0.4) is 0 Å². The fourth-order valence-corrected chi connectivity index (χ4v) is 2.20. The molecule has 0 aliphatic carbocycles.